The molecule has 1 amide bonds. The van der Waals surface area contributed by atoms with E-state index in [-0.39, 0.29) is 17.9 Å². The molecule has 0 saturated carbocycles. The van der Waals surface area contributed by atoms with Crippen molar-refractivity contribution in [1.29, 1.82) is 0 Å². The van der Waals surface area contributed by atoms with E-state index in [2.05, 4.69) is 0 Å². The van der Waals surface area contributed by atoms with Crippen LogP contribution < -0.4 is 4.90 Å². The third-order valence-electron chi connectivity index (χ3n) is 5.15. The van der Waals surface area contributed by atoms with Crippen molar-refractivity contribution >= 4 is 29.0 Å². The van der Waals surface area contributed by atoms with Crippen molar-refractivity contribution in [2.24, 2.45) is 0 Å². The average molecular weight is 408 g/mol. The molecule has 0 saturated heterocycles. The number of benzene rings is 3. The van der Waals surface area contributed by atoms with Gasteiger partial charge in [-0.15, -0.1) is 0 Å². The number of carbonyl (C=O) groups is 2. The molecule has 146 valence electrons. The number of rotatable bonds is 5. The predicted molar refractivity (Wildman–Crippen MR) is 110 cm³/mol. The minimum absolute atomic E-state index is 0.0655. The number of hydrogen-bond donors (Lipinski definition) is 2. The molecule has 0 radical (unpaired) electrons. The largest absolute Gasteiger partial charge is 0.507 e. The van der Waals surface area contributed by atoms with Crippen LogP contribution in [0.5, 0.6) is 5.75 Å². The molecular formula is C23H18ClNO4. The SMILES string of the molecule is O=C(C[C@@]1(O)C(=O)N(Cc2ccccc2Cl)c2ccccc21)c1ccccc1O. The molecule has 3 aromatic rings. The van der Waals surface area contributed by atoms with Crippen LogP contribution in [0.4, 0.5) is 5.69 Å². The van der Waals surface area contributed by atoms with E-state index in [1.165, 1.54) is 17.0 Å². The van der Waals surface area contributed by atoms with Crippen molar-refractivity contribution < 1.29 is 19.8 Å². The summed E-state index contributed by atoms with van der Waals surface area (Å²) in [4.78, 5) is 27.5. The molecule has 5 nitrogen and oxygen atoms in total. The van der Waals surface area contributed by atoms with E-state index in [1.807, 2.05) is 12.1 Å². The molecule has 0 bridgehead atoms. The molecule has 0 unspecified atom stereocenters. The zero-order chi connectivity index (χ0) is 20.6. The second-order valence-corrected chi connectivity index (χ2v) is 7.38. The fourth-order valence-corrected chi connectivity index (χ4v) is 3.86. The highest BCUT2D eigenvalue weighted by molar-refractivity contribution is 6.31. The molecule has 29 heavy (non-hydrogen) atoms. The fourth-order valence-electron chi connectivity index (χ4n) is 3.67. The maximum absolute atomic E-state index is 13.3. The van der Waals surface area contributed by atoms with E-state index < -0.39 is 23.7 Å². The Morgan fingerprint density at radius 2 is 1.62 bits per heavy atom. The first kappa shape index (κ1) is 19.2. The molecule has 1 atom stereocenters. The first-order valence-corrected chi connectivity index (χ1v) is 9.48. The highest BCUT2D eigenvalue weighted by atomic mass is 35.5. The minimum Gasteiger partial charge on any atom is -0.507 e. The number of carbonyl (C=O) groups excluding carboxylic acids is 2. The number of aromatic hydroxyl groups is 1. The number of phenolic OH excluding ortho intramolecular Hbond substituents is 1. The number of amides is 1. The van der Waals surface area contributed by atoms with Crippen molar-refractivity contribution in [3.8, 4) is 5.75 Å². The molecule has 6 heteroatoms. The molecule has 2 N–H and O–H groups in total. The number of halogens is 1. The smallest absolute Gasteiger partial charge is 0.264 e. The summed E-state index contributed by atoms with van der Waals surface area (Å²) in [5.41, 5.74) is -0.327. The first-order chi connectivity index (χ1) is 13.9. The Morgan fingerprint density at radius 3 is 2.38 bits per heavy atom. The maximum atomic E-state index is 13.3. The summed E-state index contributed by atoms with van der Waals surface area (Å²) in [6, 6.07) is 20.1. The monoisotopic (exact) mass is 407 g/mol. The minimum atomic E-state index is -2.02. The van der Waals surface area contributed by atoms with Gasteiger partial charge in [-0.2, -0.15) is 0 Å². The molecule has 0 spiro atoms. The summed E-state index contributed by atoms with van der Waals surface area (Å²) in [6.45, 7) is 0.169. The average Bonchev–Trinajstić information content (AvgIpc) is 2.92. The summed E-state index contributed by atoms with van der Waals surface area (Å²) in [5.74, 6) is -1.30. The van der Waals surface area contributed by atoms with Crippen LogP contribution >= 0.6 is 11.6 Å². The summed E-state index contributed by atoms with van der Waals surface area (Å²) in [7, 11) is 0. The van der Waals surface area contributed by atoms with Crippen molar-refractivity contribution in [3.63, 3.8) is 0 Å². The van der Waals surface area contributed by atoms with Gasteiger partial charge in [-0.1, -0.05) is 60.1 Å². The summed E-state index contributed by atoms with van der Waals surface area (Å²) >= 11 is 6.25. The number of aliphatic hydroxyl groups is 1. The number of para-hydroxylation sites is 2. The normalized spacial score (nSPS) is 18.0. The van der Waals surface area contributed by atoms with Crippen LogP contribution in [0, 0.1) is 0 Å². The van der Waals surface area contributed by atoms with E-state index in [4.69, 9.17) is 11.6 Å². The molecule has 0 fully saturated rings. The maximum Gasteiger partial charge on any atom is 0.264 e. The standard InChI is InChI=1S/C23H18ClNO4/c24-18-10-4-1-7-15(18)14-25-19-11-5-3-9-17(19)23(29,22(25)28)13-21(27)16-8-2-6-12-20(16)26/h1-12,26,29H,13-14H2/t23-/m0/s1. The van der Waals surface area contributed by atoms with Gasteiger partial charge in [0.15, 0.2) is 11.4 Å². The second-order valence-electron chi connectivity index (χ2n) is 6.98. The summed E-state index contributed by atoms with van der Waals surface area (Å²) < 4.78 is 0. The number of ketones is 1. The van der Waals surface area contributed by atoms with Gasteiger partial charge in [-0.3, -0.25) is 9.59 Å². The van der Waals surface area contributed by atoms with Crippen molar-refractivity contribution in [1.82, 2.24) is 0 Å². The summed E-state index contributed by atoms with van der Waals surface area (Å²) in [6.07, 6.45) is -0.473. The van der Waals surface area contributed by atoms with Crippen molar-refractivity contribution in [2.45, 2.75) is 18.6 Å². The molecule has 1 heterocycles. The van der Waals surface area contributed by atoms with E-state index in [1.54, 1.807) is 48.5 Å². The Kier molecular flexibility index (Phi) is 4.86. The van der Waals surface area contributed by atoms with E-state index >= 15 is 0 Å². The third kappa shape index (κ3) is 3.28. The molecule has 1 aliphatic rings. The highest BCUT2D eigenvalue weighted by Crippen LogP contribution is 2.44. The zero-order valence-corrected chi connectivity index (χ0v) is 16.1. The third-order valence-corrected chi connectivity index (χ3v) is 5.52. The Hall–Kier alpha value is -3.15. The number of phenols is 1. The molecule has 3 aromatic carbocycles. The van der Waals surface area contributed by atoms with Gasteiger partial charge < -0.3 is 15.1 Å². The van der Waals surface area contributed by atoms with Crippen LogP contribution in [-0.2, 0) is 16.9 Å². The number of nitrogens with zero attached hydrogens (tertiary/aromatic N) is 1. The Morgan fingerprint density at radius 1 is 0.966 bits per heavy atom. The number of fused-ring (bicyclic) bond motifs is 1. The van der Waals surface area contributed by atoms with Gasteiger partial charge >= 0.3 is 0 Å². The quantitative estimate of drug-likeness (QED) is 0.625. The lowest BCUT2D eigenvalue weighted by Crippen LogP contribution is -2.41. The molecule has 1 aliphatic heterocycles. The van der Waals surface area contributed by atoms with Gasteiger partial charge in [0, 0.05) is 10.6 Å². The molecule has 4 rings (SSSR count). The zero-order valence-electron chi connectivity index (χ0n) is 15.4. The van der Waals surface area contributed by atoms with E-state index in [0.29, 0.717) is 16.3 Å². The Balaban J connectivity index is 1.71. The molecule has 0 aliphatic carbocycles. The van der Waals surface area contributed by atoms with Gasteiger partial charge in [0.05, 0.1) is 24.2 Å². The van der Waals surface area contributed by atoms with Crippen LogP contribution in [0.25, 0.3) is 0 Å². The fraction of sp³-hybridized carbons (Fsp3) is 0.130. The molecule has 0 aromatic heterocycles. The van der Waals surface area contributed by atoms with Gasteiger partial charge in [-0.25, -0.2) is 0 Å². The van der Waals surface area contributed by atoms with Crippen LogP contribution in [0.1, 0.15) is 27.9 Å². The van der Waals surface area contributed by atoms with Gasteiger partial charge in [0.1, 0.15) is 5.75 Å². The van der Waals surface area contributed by atoms with Crippen molar-refractivity contribution in [3.05, 3.63) is 94.5 Å². The van der Waals surface area contributed by atoms with Crippen LogP contribution in [0.3, 0.4) is 0 Å². The number of anilines is 1. The lowest BCUT2D eigenvalue weighted by molar-refractivity contribution is -0.136. The Labute approximate surface area is 172 Å². The topological polar surface area (TPSA) is 77.8 Å². The van der Waals surface area contributed by atoms with Crippen LogP contribution in [0.2, 0.25) is 5.02 Å². The van der Waals surface area contributed by atoms with Gasteiger partial charge in [0.2, 0.25) is 0 Å². The number of hydrogen-bond acceptors (Lipinski definition) is 4. The highest BCUT2D eigenvalue weighted by Gasteiger charge is 2.51. The van der Waals surface area contributed by atoms with Crippen molar-refractivity contribution in [2.75, 3.05) is 4.90 Å². The van der Waals surface area contributed by atoms with E-state index in [0.717, 1.165) is 5.56 Å². The second kappa shape index (κ2) is 7.35. The first-order valence-electron chi connectivity index (χ1n) is 9.10. The Bertz CT molecular complexity index is 1110. The van der Waals surface area contributed by atoms with Gasteiger partial charge in [-0.05, 0) is 29.8 Å². The van der Waals surface area contributed by atoms with Gasteiger partial charge in [0.25, 0.3) is 5.91 Å². The predicted octanol–water partition coefficient (Wildman–Crippen LogP) is 4.05. The summed E-state index contributed by atoms with van der Waals surface area (Å²) in [5, 5.41) is 21.8. The van der Waals surface area contributed by atoms with E-state index in [9.17, 15) is 19.8 Å². The lowest BCUT2D eigenvalue weighted by atomic mass is 9.88. The van der Waals surface area contributed by atoms with Crippen LogP contribution in [0.15, 0.2) is 72.8 Å². The number of Topliss-reactive ketones (excluding diaryl/α,β-unsaturated/α-hetero) is 1. The lowest BCUT2D eigenvalue weighted by Gasteiger charge is -2.23. The molecular weight excluding hydrogens is 390 g/mol. The van der Waals surface area contributed by atoms with Crippen LogP contribution in [-0.4, -0.2) is 21.9 Å².